The minimum atomic E-state index is -0.712. The van der Waals surface area contributed by atoms with E-state index in [-0.39, 0.29) is 12.0 Å². The zero-order chi connectivity index (χ0) is 13.4. The number of fused-ring (bicyclic) bond motifs is 1. The number of hydrogen-bond donors (Lipinski definition) is 1. The molecule has 1 aliphatic rings. The summed E-state index contributed by atoms with van der Waals surface area (Å²) in [5.74, 6) is -0.140. The van der Waals surface area contributed by atoms with Crippen molar-refractivity contribution >= 4 is 22.7 Å². The van der Waals surface area contributed by atoms with Crippen molar-refractivity contribution in [3.05, 3.63) is 36.4 Å². The maximum atomic E-state index is 11.2. The second-order valence-corrected chi connectivity index (χ2v) is 5.03. The lowest BCUT2D eigenvalue weighted by Crippen LogP contribution is -2.33. The van der Waals surface area contributed by atoms with E-state index in [1.54, 1.807) is 0 Å². The van der Waals surface area contributed by atoms with Gasteiger partial charge in [-0.05, 0) is 31.5 Å². The first kappa shape index (κ1) is 12.0. The highest BCUT2D eigenvalue weighted by molar-refractivity contribution is 5.80. The average molecular weight is 256 g/mol. The van der Waals surface area contributed by atoms with Crippen molar-refractivity contribution in [3.8, 4) is 0 Å². The molecular formula is C15H16N2O2. The standard InChI is InChI=1S/C15H16N2O2/c1-10-12(15(18)19)8-9-17(10)14-7-6-11-4-2-3-5-13(11)16-14/h2-7,10,12H,8-9H2,1H3,(H,18,19). The third kappa shape index (κ3) is 2.03. The van der Waals surface area contributed by atoms with Crippen molar-refractivity contribution < 1.29 is 9.90 Å². The first-order valence-corrected chi connectivity index (χ1v) is 6.52. The summed E-state index contributed by atoms with van der Waals surface area (Å²) in [6.07, 6.45) is 0.686. The Morgan fingerprint density at radius 1 is 1.32 bits per heavy atom. The highest BCUT2D eigenvalue weighted by atomic mass is 16.4. The Morgan fingerprint density at radius 3 is 2.84 bits per heavy atom. The molecule has 4 nitrogen and oxygen atoms in total. The molecule has 0 bridgehead atoms. The quantitative estimate of drug-likeness (QED) is 0.897. The van der Waals surface area contributed by atoms with Crippen LogP contribution in [0.1, 0.15) is 13.3 Å². The van der Waals surface area contributed by atoms with E-state index in [0.29, 0.717) is 6.42 Å². The first-order valence-electron chi connectivity index (χ1n) is 6.52. The number of aromatic nitrogens is 1. The number of carboxylic acid groups (broad SMARTS) is 1. The number of pyridine rings is 1. The van der Waals surface area contributed by atoms with Gasteiger partial charge in [0.1, 0.15) is 5.82 Å². The lowest BCUT2D eigenvalue weighted by atomic mass is 10.0. The zero-order valence-corrected chi connectivity index (χ0v) is 10.8. The Balaban J connectivity index is 1.94. The van der Waals surface area contributed by atoms with E-state index in [0.717, 1.165) is 23.3 Å². The molecule has 1 N–H and O–H groups in total. The molecule has 0 amide bonds. The summed E-state index contributed by atoms with van der Waals surface area (Å²) in [6, 6.07) is 12.0. The van der Waals surface area contributed by atoms with Crippen molar-refractivity contribution in [2.24, 2.45) is 5.92 Å². The molecule has 0 spiro atoms. The molecule has 2 heterocycles. The zero-order valence-electron chi connectivity index (χ0n) is 10.8. The number of benzene rings is 1. The van der Waals surface area contributed by atoms with E-state index in [4.69, 9.17) is 0 Å². The van der Waals surface area contributed by atoms with Crippen LogP contribution in [0.15, 0.2) is 36.4 Å². The van der Waals surface area contributed by atoms with E-state index in [9.17, 15) is 9.90 Å². The largest absolute Gasteiger partial charge is 0.481 e. The lowest BCUT2D eigenvalue weighted by molar-refractivity contribution is -0.141. The van der Waals surface area contributed by atoms with Gasteiger partial charge in [0.05, 0.1) is 11.4 Å². The highest BCUT2D eigenvalue weighted by Gasteiger charge is 2.36. The van der Waals surface area contributed by atoms with E-state index >= 15 is 0 Å². The highest BCUT2D eigenvalue weighted by Crippen LogP contribution is 2.29. The van der Waals surface area contributed by atoms with Crippen LogP contribution in [-0.2, 0) is 4.79 Å². The number of para-hydroxylation sites is 1. The summed E-state index contributed by atoms with van der Waals surface area (Å²) < 4.78 is 0. The summed E-state index contributed by atoms with van der Waals surface area (Å²) in [6.45, 7) is 2.71. The fourth-order valence-corrected chi connectivity index (χ4v) is 2.81. The molecule has 1 fully saturated rings. The summed E-state index contributed by atoms with van der Waals surface area (Å²) in [7, 11) is 0. The molecule has 2 aromatic rings. The van der Waals surface area contributed by atoms with Gasteiger partial charge < -0.3 is 10.0 Å². The second-order valence-electron chi connectivity index (χ2n) is 5.03. The molecular weight excluding hydrogens is 240 g/mol. The van der Waals surface area contributed by atoms with Crippen LogP contribution in [0.4, 0.5) is 5.82 Å². The summed E-state index contributed by atoms with van der Waals surface area (Å²) >= 11 is 0. The van der Waals surface area contributed by atoms with Crippen LogP contribution < -0.4 is 4.90 Å². The predicted octanol–water partition coefficient (Wildman–Crippen LogP) is 2.53. The Bertz CT molecular complexity index is 626. The molecule has 1 aromatic heterocycles. The third-order valence-electron chi connectivity index (χ3n) is 3.95. The van der Waals surface area contributed by atoms with Gasteiger partial charge in [-0.25, -0.2) is 4.98 Å². The molecule has 3 rings (SSSR count). The Kier molecular flexibility index (Phi) is 2.85. The van der Waals surface area contributed by atoms with Gasteiger partial charge in [-0.1, -0.05) is 18.2 Å². The number of hydrogen-bond acceptors (Lipinski definition) is 3. The van der Waals surface area contributed by atoms with Crippen molar-refractivity contribution in [1.82, 2.24) is 4.98 Å². The van der Waals surface area contributed by atoms with Gasteiger partial charge in [0.25, 0.3) is 0 Å². The molecule has 1 saturated heterocycles. The smallest absolute Gasteiger partial charge is 0.308 e. The van der Waals surface area contributed by atoms with E-state index < -0.39 is 5.97 Å². The predicted molar refractivity (Wildman–Crippen MR) is 74.3 cm³/mol. The number of aliphatic carboxylic acids is 1. The van der Waals surface area contributed by atoms with Crippen molar-refractivity contribution in [1.29, 1.82) is 0 Å². The summed E-state index contributed by atoms with van der Waals surface area (Å²) in [4.78, 5) is 17.9. The van der Waals surface area contributed by atoms with E-state index in [1.165, 1.54) is 0 Å². The molecule has 4 heteroatoms. The van der Waals surface area contributed by atoms with Crippen molar-refractivity contribution in [3.63, 3.8) is 0 Å². The normalized spacial score (nSPS) is 22.9. The molecule has 0 saturated carbocycles. The van der Waals surface area contributed by atoms with Crippen LogP contribution in [0.25, 0.3) is 10.9 Å². The maximum Gasteiger partial charge on any atom is 0.308 e. The second kappa shape index (κ2) is 4.53. The van der Waals surface area contributed by atoms with Gasteiger partial charge in [-0.2, -0.15) is 0 Å². The van der Waals surface area contributed by atoms with Crippen LogP contribution in [0.5, 0.6) is 0 Å². The van der Waals surface area contributed by atoms with Crippen LogP contribution in [-0.4, -0.2) is 28.6 Å². The fourth-order valence-electron chi connectivity index (χ4n) is 2.81. The third-order valence-corrected chi connectivity index (χ3v) is 3.95. The molecule has 2 atom stereocenters. The topological polar surface area (TPSA) is 53.4 Å². The number of carbonyl (C=O) groups is 1. The minimum absolute atomic E-state index is 0.00818. The molecule has 1 aliphatic heterocycles. The molecule has 2 unspecified atom stereocenters. The molecule has 98 valence electrons. The van der Waals surface area contributed by atoms with Gasteiger partial charge in [0.15, 0.2) is 0 Å². The van der Waals surface area contributed by atoms with Crippen molar-refractivity contribution in [2.45, 2.75) is 19.4 Å². The fraction of sp³-hybridized carbons (Fsp3) is 0.333. The average Bonchev–Trinajstić information content (AvgIpc) is 2.80. The Morgan fingerprint density at radius 2 is 2.11 bits per heavy atom. The number of rotatable bonds is 2. The first-order chi connectivity index (χ1) is 9.16. The molecule has 19 heavy (non-hydrogen) atoms. The number of anilines is 1. The summed E-state index contributed by atoms with van der Waals surface area (Å²) in [5.41, 5.74) is 0.950. The lowest BCUT2D eigenvalue weighted by Gasteiger charge is -2.24. The van der Waals surface area contributed by atoms with Gasteiger partial charge in [-0.3, -0.25) is 4.79 Å². The van der Waals surface area contributed by atoms with E-state index in [2.05, 4.69) is 9.88 Å². The van der Waals surface area contributed by atoms with Gasteiger partial charge in [0.2, 0.25) is 0 Å². The van der Waals surface area contributed by atoms with Crippen LogP contribution >= 0.6 is 0 Å². The Hall–Kier alpha value is -2.10. The number of carboxylic acids is 1. The van der Waals surface area contributed by atoms with E-state index in [1.807, 2.05) is 43.3 Å². The van der Waals surface area contributed by atoms with Crippen LogP contribution in [0, 0.1) is 5.92 Å². The molecule has 0 aliphatic carbocycles. The van der Waals surface area contributed by atoms with Gasteiger partial charge in [-0.15, -0.1) is 0 Å². The minimum Gasteiger partial charge on any atom is -0.481 e. The van der Waals surface area contributed by atoms with Crippen LogP contribution in [0.3, 0.4) is 0 Å². The molecule has 0 radical (unpaired) electrons. The van der Waals surface area contributed by atoms with Gasteiger partial charge >= 0.3 is 5.97 Å². The maximum absolute atomic E-state index is 11.2. The SMILES string of the molecule is CC1C(C(=O)O)CCN1c1ccc2ccccc2n1. The van der Waals surface area contributed by atoms with Crippen LogP contribution in [0.2, 0.25) is 0 Å². The molecule has 1 aromatic carbocycles. The van der Waals surface area contributed by atoms with Gasteiger partial charge in [0, 0.05) is 18.0 Å². The Labute approximate surface area is 111 Å². The number of nitrogens with zero attached hydrogens (tertiary/aromatic N) is 2. The summed E-state index contributed by atoms with van der Waals surface area (Å²) in [5, 5.41) is 10.3. The van der Waals surface area contributed by atoms with Crippen molar-refractivity contribution in [2.75, 3.05) is 11.4 Å². The monoisotopic (exact) mass is 256 g/mol.